The first-order valence-corrected chi connectivity index (χ1v) is 6.83. The van der Waals surface area contributed by atoms with Crippen molar-refractivity contribution in [2.45, 2.75) is 25.8 Å². The Balaban J connectivity index is 2.16. The molecule has 0 bridgehead atoms. The van der Waals surface area contributed by atoms with E-state index in [0.29, 0.717) is 0 Å². The number of rotatable bonds is 4. The van der Waals surface area contributed by atoms with Crippen molar-refractivity contribution in [1.29, 1.82) is 0 Å². The van der Waals surface area contributed by atoms with Gasteiger partial charge in [-0.3, -0.25) is 4.98 Å². The lowest BCUT2D eigenvalue weighted by Gasteiger charge is -2.13. The van der Waals surface area contributed by atoms with E-state index >= 15 is 0 Å². The van der Waals surface area contributed by atoms with E-state index in [1.165, 1.54) is 10.4 Å². The Morgan fingerprint density at radius 2 is 2.24 bits per heavy atom. The molecule has 90 valence electrons. The van der Waals surface area contributed by atoms with E-state index in [1.54, 1.807) is 17.5 Å². The molecule has 0 radical (unpaired) electrons. The molecule has 0 spiro atoms. The average Bonchev–Trinajstić information content (AvgIpc) is 2.74. The Morgan fingerprint density at radius 1 is 1.41 bits per heavy atom. The number of thiophene rings is 1. The molecule has 1 unspecified atom stereocenters. The van der Waals surface area contributed by atoms with Crippen molar-refractivity contribution in [2.75, 3.05) is 0 Å². The van der Waals surface area contributed by atoms with Crippen LogP contribution in [0.25, 0.3) is 0 Å². The predicted molar refractivity (Wildman–Crippen MR) is 73.6 cm³/mol. The maximum Gasteiger partial charge on any atom is 0.0931 e. The molecule has 0 amide bonds. The highest BCUT2D eigenvalue weighted by molar-refractivity contribution is 7.16. The molecule has 4 heteroatoms. The Kier molecular flexibility index (Phi) is 4.15. The summed E-state index contributed by atoms with van der Waals surface area (Å²) in [6.45, 7) is 2.12. The first kappa shape index (κ1) is 12.6. The Hall–Kier alpha value is -0.900. The molecule has 17 heavy (non-hydrogen) atoms. The summed E-state index contributed by atoms with van der Waals surface area (Å²) in [7, 11) is 0. The van der Waals surface area contributed by atoms with Crippen LogP contribution in [0.5, 0.6) is 0 Å². The van der Waals surface area contributed by atoms with Gasteiger partial charge in [0.05, 0.1) is 16.1 Å². The predicted octanol–water partition coefficient (Wildman–Crippen LogP) is 3.60. The van der Waals surface area contributed by atoms with Crippen LogP contribution in [-0.2, 0) is 12.8 Å². The second-order valence-corrected chi connectivity index (χ2v) is 5.72. The van der Waals surface area contributed by atoms with E-state index in [4.69, 9.17) is 17.3 Å². The lowest BCUT2D eigenvalue weighted by molar-refractivity contribution is 0.692. The third-order valence-corrected chi connectivity index (χ3v) is 3.96. The van der Waals surface area contributed by atoms with Crippen LogP contribution in [-0.4, -0.2) is 4.98 Å². The van der Waals surface area contributed by atoms with Crippen molar-refractivity contribution in [3.05, 3.63) is 50.9 Å². The molecule has 0 aliphatic carbocycles. The minimum atomic E-state index is -0.0548. The Labute approximate surface area is 110 Å². The molecule has 2 nitrogen and oxygen atoms in total. The highest BCUT2D eigenvalue weighted by atomic mass is 35.5. The molecule has 0 saturated carbocycles. The summed E-state index contributed by atoms with van der Waals surface area (Å²) in [4.78, 5) is 5.60. The van der Waals surface area contributed by atoms with Crippen LogP contribution in [0.15, 0.2) is 30.5 Å². The van der Waals surface area contributed by atoms with Crippen molar-refractivity contribution >= 4 is 22.9 Å². The third-order valence-electron chi connectivity index (χ3n) is 2.71. The van der Waals surface area contributed by atoms with Crippen molar-refractivity contribution in [2.24, 2.45) is 5.73 Å². The van der Waals surface area contributed by atoms with Gasteiger partial charge in [-0.05, 0) is 30.2 Å². The number of aromatic nitrogens is 1. The zero-order chi connectivity index (χ0) is 12.3. The van der Waals surface area contributed by atoms with Crippen LogP contribution in [0.3, 0.4) is 0 Å². The van der Waals surface area contributed by atoms with Gasteiger partial charge < -0.3 is 5.73 Å². The average molecular weight is 267 g/mol. The van der Waals surface area contributed by atoms with Crippen LogP contribution in [0.4, 0.5) is 0 Å². The Morgan fingerprint density at radius 3 is 2.88 bits per heavy atom. The minimum absolute atomic E-state index is 0.0548. The summed E-state index contributed by atoms with van der Waals surface area (Å²) in [6, 6.07) is 7.93. The second kappa shape index (κ2) is 5.63. The number of halogens is 1. The monoisotopic (exact) mass is 266 g/mol. The van der Waals surface area contributed by atoms with Crippen LogP contribution in [0.2, 0.25) is 4.34 Å². The van der Waals surface area contributed by atoms with Gasteiger partial charge in [0.1, 0.15) is 0 Å². The first-order valence-electron chi connectivity index (χ1n) is 5.64. The number of nitrogens with zero attached hydrogens (tertiary/aromatic N) is 1. The molecular weight excluding hydrogens is 252 g/mol. The van der Waals surface area contributed by atoms with E-state index < -0.39 is 0 Å². The summed E-state index contributed by atoms with van der Waals surface area (Å²) in [5, 5.41) is 0. The maximum absolute atomic E-state index is 6.21. The van der Waals surface area contributed by atoms with E-state index in [0.717, 1.165) is 22.9 Å². The fourth-order valence-electron chi connectivity index (χ4n) is 1.86. The van der Waals surface area contributed by atoms with Gasteiger partial charge in [0.15, 0.2) is 0 Å². The van der Waals surface area contributed by atoms with Crippen molar-refractivity contribution in [1.82, 2.24) is 4.98 Å². The number of aryl methyl sites for hydroxylation is 1. The summed E-state index contributed by atoms with van der Waals surface area (Å²) in [5.41, 5.74) is 8.44. The van der Waals surface area contributed by atoms with E-state index in [1.807, 2.05) is 18.2 Å². The van der Waals surface area contributed by atoms with Crippen LogP contribution in [0.1, 0.15) is 29.1 Å². The van der Waals surface area contributed by atoms with Crippen LogP contribution < -0.4 is 5.73 Å². The molecule has 1 atom stereocenters. The number of hydrogen-bond acceptors (Lipinski definition) is 3. The highest BCUT2D eigenvalue weighted by Crippen LogP contribution is 2.26. The SMILES string of the molecule is CCc1cccnc1C(N)Cc1ccc(Cl)s1. The smallest absolute Gasteiger partial charge is 0.0931 e. The zero-order valence-electron chi connectivity index (χ0n) is 9.69. The molecule has 2 N–H and O–H groups in total. The summed E-state index contributed by atoms with van der Waals surface area (Å²) in [6.07, 6.45) is 3.55. The first-order chi connectivity index (χ1) is 8.20. The molecule has 2 heterocycles. The fraction of sp³-hybridized carbons (Fsp3) is 0.308. The van der Waals surface area contributed by atoms with Gasteiger partial charge in [-0.1, -0.05) is 24.6 Å². The summed E-state index contributed by atoms with van der Waals surface area (Å²) >= 11 is 7.49. The second-order valence-electron chi connectivity index (χ2n) is 3.92. The van der Waals surface area contributed by atoms with Gasteiger partial charge in [0, 0.05) is 17.5 Å². The van der Waals surface area contributed by atoms with Gasteiger partial charge in [0.2, 0.25) is 0 Å². The van der Waals surface area contributed by atoms with Crippen LogP contribution >= 0.6 is 22.9 Å². The standard InChI is InChI=1S/C13H15ClN2S/c1-2-9-4-3-7-16-13(9)11(15)8-10-5-6-12(14)17-10/h3-7,11H,2,8,15H2,1H3. The number of hydrogen-bond donors (Lipinski definition) is 1. The maximum atomic E-state index is 6.21. The molecular formula is C13H15ClN2S. The van der Waals surface area contributed by atoms with E-state index in [9.17, 15) is 0 Å². The fourth-order valence-corrected chi connectivity index (χ4v) is 3.00. The van der Waals surface area contributed by atoms with Gasteiger partial charge >= 0.3 is 0 Å². The van der Waals surface area contributed by atoms with Crippen molar-refractivity contribution in [3.8, 4) is 0 Å². The van der Waals surface area contributed by atoms with E-state index in [2.05, 4.69) is 18.0 Å². The van der Waals surface area contributed by atoms with Crippen molar-refractivity contribution < 1.29 is 0 Å². The zero-order valence-corrected chi connectivity index (χ0v) is 11.3. The molecule has 0 aromatic carbocycles. The third kappa shape index (κ3) is 3.06. The van der Waals surface area contributed by atoms with Gasteiger partial charge in [-0.15, -0.1) is 11.3 Å². The summed E-state index contributed by atoms with van der Waals surface area (Å²) < 4.78 is 0.809. The van der Waals surface area contributed by atoms with Crippen molar-refractivity contribution in [3.63, 3.8) is 0 Å². The largest absolute Gasteiger partial charge is 0.322 e. The topological polar surface area (TPSA) is 38.9 Å². The van der Waals surface area contributed by atoms with Gasteiger partial charge in [-0.2, -0.15) is 0 Å². The van der Waals surface area contributed by atoms with Gasteiger partial charge in [-0.25, -0.2) is 0 Å². The normalized spacial score (nSPS) is 12.6. The molecule has 0 fully saturated rings. The van der Waals surface area contributed by atoms with Crippen LogP contribution in [0, 0.1) is 0 Å². The molecule has 2 rings (SSSR count). The lowest BCUT2D eigenvalue weighted by Crippen LogP contribution is -2.16. The number of pyridine rings is 1. The highest BCUT2D eigenvalue weighted by Gasteiger charge is 2.13. The molecule has 0 saturated heterocycles. The number of nitrogens with two attached hydrogens (primary N) is 1. The molecule has 2 aromatic heterocycles. The lowest BCUT2D eigenvalue weighted by atomic mass is 10.0. The Bertz CT molecular complexity index is 496. The van der Waals surface area contributed by atoms with Gasteiger partial charge in [0.25, 0.3) is 0 Å². The molecule has 0 aliphatic rings. The summed E-state index contributed by atoms with van der Waals surface area (Å²) in [5.74, 6) is 0. The quantitative estimate of drug-likeness (QED) is 0.918. The van der Waals surface area contributed by atoms with E-state index in [-0.39, 0.29) is 6.04 Å². The molecule has 0 aliphatic heterocycles. The minimum Gasteiger partial charge on any atom is -0.322 e. The molecule has 2 aromatic rings.